The molecule has 162 valence electrons. The van der Waals surface area contributed by atoms with Gasteiger partial charge < -0.3 is 14.7 Å². The van der Waals surface area contributed by atoms with E-state index in [0.29, 0.717) is 22.6 Å². The van der Waals surface area contributed by atoms with Crippen molar-refractivity contribution in [2.24, 2.45) is 14.1 Å². The van der Waals surface area contributed by atoms with Gasteiger partial charge in [-0.3, -0.25) is 4.98 Å². The lowest BCUT2D eigenvalue weighted by atomic mass is 10.1. The molecule has 0 aliphatic heterocycles. The van der Waals surface area contributed by atoms with Gasteiger partial charge in [-0.05, 0) is 17.4 Å². The van der Waals surface area contributed by atoms with Crippen LogP contribution in [0.15, 0.2) is 29.8 Å². The summed E-state index contributed by atoms with van der Waals surface area (Å²) in [5.41, 5.74) is 1.69. The van der Waals surface area contributed by atoms with Crippen LogP contribution in [0.25, 0.3) is 11.4 Å². The molecule has 0 aliphatic rings. The molecule has 10 heteroatoms. The van der Waals surface area contributed by atoms with E-state index in [9.17, 15) is 10.1 Å². The van der Waals surface area contributed by atoms with E-state index in [2.05, 4.69) is 38.9 Å². The van der Waals surface area contributed by atoms with Gasteiger partial charge >= 0.3 is 5.82 Å². The van der Waals surface area contributed by atoms with Crippen LogP contribution in [-0.4, -0.2) is 34.2 Å². The molecule has 3 aromatic rings. The first-order chi connectivity index (χ1) is 15.0. The van der Waals surface area contributed by atoms with E-state index < -0.39 is 4.92 Å². The fourth-order valence-electron chi connectivity index (χ4n) is 3.00. The Kier molecular flexibility index (Phi) is 7.78. The molecule has 0 fully saturated rings. The Morgan fingerprint density at radius 2 is 1.97 bits per heavy atom. The van der Waals surface area contributed by atoms with E-state index in [4.69, 9.17) is 0 Å². The van der Waals surface area contributed by atoms with Gasteiger partial charge in [0.1, 0.15) is 6.20 Å². The monoisotopic (exact) mass is 439 g/mol. The second-order valence-electron chi connectivity index (χ2n) is 7.08. The molecular weight excluding hydrogens is 414 g/mol. The van der Waals surface area contributed by atoms with E-state index in [0.717, 1.165) is 24.0 Å². The summed E-state index contributed by atoms with van der Waals surface area (Å²) in [5.74, 6) is 8.09. The molecule has 0 saturated heterocycles. The van der Waals surface area contributed by atoms with Crippen LogP contribution in [0.3, 0.4) is 0 Å². The summed E-state index contributed by atoms with van der Waals surface area (Å²) in [6.45, 7) is 2.20. The highest BCUT2D eigenvalue weighted by Crippen LogP contribution is 2.26. The van der Waals surface area contributed by atoms with E-state index in [-0.39, 0.29) is 5.82 Å². The molecule has 0 N–H and O–H groups in total. The van der Waals surface area contributed by atoms with Crippen LogP contribution in [-0.2, 0) is 19.8 Å². The Bertz CT molecular complexity index is 1110. The second-order valence-corrected chi connectivity index (χ2v) is 8.02. The number of aromatic nitrogens is 6. The number of nitrogens with zero attached hydrogens (tertiary/aromatic N) is 7. The zero-order valence-electron chi connectivity index (χ0n) is 17.9. The molecule has 0 aliphatic carbocycles. The molecule has 31 heavy (non-hydrogen) atoms. The molecule has 0 atom stereocenters. The maximum absolute atomic E-state index is 11.0. The lowest BCUT2D eigenvalue weighted by Crippen LogP contribution is -2.01. The van der Waals surface area contributed by atoms with Crippen molar-refractivity contribution in [3.63, 3.8) is 0 Å². The van der Waals surface area contributed by atoms with Crippen molar-refractivity contribution in [3.8, 4) is 23.2 Å². The van der Waals surface area contributed by atoms with Crippen molar-refractivity contribution in [1.29, 1.82) is 0 Å². The molecule has 0 unspecified atom stereocenters. The highest BCUT2D eigenvalue weighted by atomic mass is 32.2. The lowest BCUT2D eigenvalue weighted by molar-refractivity contribution is -0.391. The quantitative estimate of drug-likeness (QED) is 0.162. The summed E-state index contributed by atoms with van der Waals surface area (Å²) in [7, 11) is 3.51. The minimum absolute atomic E-state index is 0.0383. The number of thioether (sulfide) groups is 1. The normalized spacial score (nSPS) is 10.7. The van der Waals surface area contributed by atoms with E-state index in [1.165, 1.54) is 41.8 Å². The van der Waals surface area contributed by atoms with Gasteiger partial charge in [0.25, 0.3) is 0 Å². The highest BCUT2D eigenvalue weighted by Gasteiger charge is 2.18. The van der Waals surface area contributed by atoms with E-state index in [1.807, 2.05) is 17.7 Å². The van der Waals surface area contributed by atoms with E-state index in [1.54, 1.807) is 19.4 Å². The Labute approximate surface area is 185 Å². The summed E-state index contributed by atoms with van der Waals surface area (Å²) in [6, 6.07) is 1.96. The zero-order chi connectivity index (χ0) is 22.2. The molecule has 0 saturated carbocycles. The maximum atomic E-state index is 11.0. The molecule has 0 amide bonds. The summed E-state index contributed by atoms with van der Waals surface area (Å²) in [5, 5.41) is 20.2. The molecule has 9 nitrogen and oxygen atoms in total. The number of pyridine rings is 1. The largest absolute Gasteiger partial charge is 0.358 e. The van der Waals surface area contributed by atoms with Crippen molar-refractivity contribution in [2.45, 2.75) is 49.9 Å². The number of hydrogen-bond acceptors (Lipinski definition) is 7. The van der Waals surface area contributed by atoms with Gasteiger partial charge in [0.05, 0.1) is 12.8 Å². The first-order valence-electron chi connectivity index (χ1n) is 10.1. The Morgan fingerprint density at radius 3 is 2.71 bits per heavy atom. The summed E-state index contributed by atoms with van der Waals surface area (Å²) in [4.78, 5) is 18.9. The molecule has 0 bridgehead atoms. The predicted molar refractivity (Wildman–Crippen MR) is 119 cm³/mol. The van der Waals surface area contributed by atoms with Crippen molar-refractivity contribution in [2.75, 3.05) is 0 Å². The fourth-order valence-corrected chi connectivity index (χ4v) is 3.90. The molecule has 3 aromatic heterocycles. The van der Waals surface area contributed by atoms with Crippen LogP contribution in [0.4, 0.5) is 5.82 Å². The van der Waals surface area contributed by atoms with Gasteiger partial charge in [0, 0.05) is 37.0 Å². The van der Waals surface area contributed by atoms with Gasteiger partial charge in [-0.2, -0.15) is 0 Å². The number of rotatable bonds is 9. The molecule has 0 radical (unpaired) electrons. The summed E-state index contributed by atoms with van der Waals surface area (Å²) in [6.07, 6.45) is 10.5. The Hall–Kier alpha value is -3.19. The van der Waals surface area contributed by atoms with Crippen molar-refractivity contribution < 1.29 is 4.92 Å². The van der Waals surface area contributed by atoms with Gasteiger partial charge in [-0.15, -0.1) is 10.2 Å². The van der Waals surface area contributed by atoms with Crippen LogP contribution < -0.4 is 0 Å². The first kappa shape index (κ1) is 22.5. The molecular formula is C21H25N7O2S. The van der Waals surface area contributed by atoms with Gasteiger partial charge in [-0.1, -0.05) is 49.8 Å². The summed E-state index contributed by atoms with van der Waals surface area (Å²) < 4.78 is 3.35. The average molecular weight is 440 g/mol. The van der Waals surface area contributed by atoms with Crippen molar-refractivity contribution in [3.05, 3.63) is 46.2 Å². The zero-order valence-corrected chi connectivity index (χ0v) is 18.7. The maximum Gasteiger partial charge on any atom is 0.342 e. The smallest absolute Gasteiger partial charge is 0.342 e. The lowest BCUT2D eigenvalue weighted by Gasteiger charge is -2.03. The topological polar surface area (TPSA) is 105 Å². The van der Waals surface area contributed by atoms with Crippen LogP contribution in [0, 0.1) is 22.0 Å². The number of unbranched alkanes of at least 4 members (excludes halogenated alkanes) is 4. The van der Waals surface area contributed by atoms with Gasteiger partial charge in [0.15, 0.2) is 11.0 Å². The third-order valence-electron chi connectivity index (χ3n) is 4.80. The highest BCUT2D eigenvalue weighted by molar-refractivity contribution is 7.98. The van der Waals surface area contributed by atoms with Crippen LogP contribution in [0.5, 0.6) is 0 Å². The minimum atomic E-state index is -0.449. The van der Waals surface area contributed by atoms with E-state index >= 15 is 0 Å². The average Bonchev–Trinajstić information content (AvgIpc) is 3.31. The number of nitro groups is 1. The molecule has 0 aromatic carbocycles. The predicted octanol–water partition coefficient (Wildman–Crippen LogP) is 4.13. The standard InChI is InChI=1S/C21H25N7O2S/c1-4-5-6-7-8-9-10-16-11-17(13-22-12-16)20-24-25-21(27(20)3)31-15-18-23-14-19(26(18)2)28(29)30/h11-14H,4-8,15H2,1-3H3. The van der Waals surface area contributed by atoms with Gasteiger partial charge in [-0.25, -0.2) is 9.55 Å². The van der Waals surface area contributed by atoms with Crippen LogP contribution in [0.1, 0.15) is 50.4 Å². The summed E-state index contributed by atoms with van der Waals surface area (Å²) >= 11 is 1.42. The number of imidazole rings is 1. The van der Waals surface area contributed by atoms with Crippen molar-refractivity contribution in [1.82, 2.24) is 29.3 Å². The SMILES string of the molecule is CCCCCCC#Cc1cncc(-c2nnc(SCc3ncc([N+](=O)[O-])n3C)n2C)c1. The Balaban J connectivity index is 1.67. The number of hydrogen-bond donors (Lipinski definition) is 0. The van der Waals surface area contributed by atoms with Crippen LogP contribution >= 0.6 is 11.8 Å². The third-order valence-corrected chi connectivity index (χ3v) is 5.81. The molecule has 3 rings (SSSR count). The fraction of sp³-hybridized carbons (Fsp3) is 0.429. The van der Waals surface area contributed by atoms with Crippen molar-refractivity contribution >= 4 is 17.6 Å². The Morgan fingerprint density at radius 1 is 1.13 bits per heavy atom. The van der Waals surface area contributed by atoms with Crippen LogP contribution in [0.2, 0.25) is 0 Å². The van der Waals surface area contributed by atoms with Gasteiger partial charge in [0.2, 0.25) is 5.82 Å². The third kappa shape index (κ3) is 5.70. The second kappa shape index (κ2) is 10.7. The molecule has 3 heterocycles. The molecule has 0 spiro atoms. The minimum Gasteiger partial charge on any atom is -0.358 e. The first-order valence-corrected chi connectivity index (χ1v) is 11.1.